The maximum Gasteiger partial charge on any atom is 0.260 e. The van der Waals surface area contributed by atoms with E-state index in [4.69, 9.17) is 0 Å². The summed E-state index contributed by atoms with van der Waals surface area (Å²) >= 11 is 0. The number of carbonyl (C=O) groups excluding carboxylic acids is 1. The van der Waals surface area contributed by atoms with Crippen molar-refractivity contribution in [2.45, 2.75) is 6.23 Å². The first kappa shape index (κ1) is 14.3. The number of aromatic amines is 2. The van der Waals surface area contributed by atoms with Crippen LogP contribution >= 0.6 is 9.39 Å². The number of nitrogens with one attached hydrogen (secondary N) is 2. The van der Waals surface area contributed by atoms with Crippen molar-refractivity contribution in [1.29, 1.82) is 0 Å². The number of aromatic nitrogens is 2. The van der Waals surface area contributed by atoms with Gasteiger partial charge < -0.3 is 15.1 Å². The maximum atomic E-state index is 13.0. The van der Waals surface area contributed by atoms with E-state index in [-0.39, 0.29) is 5.91 Å². The van der Waals surface area contributed by atoms with Gasteiger partial charge in [-0.25, -0.2) is 0 Å². The molecule has 6 rings (SSSR count). The minimum Gasteiger partial charge on any atom is -0.369 e. The minimum absolute atomic E-state index is 0.181. The van der Waals surface area contributed by atoms with Crippen LogP contribution in [0.15, 0.2) is 48.5 Å². The minimum atomic E-state index is -0.984. The van der Waals surface area contributed by atoms with Gasteiger partial charge in [0.2, 0.25) is 0 Å². The Balaban J connectivity index is 2.00. The Hall–Kier alpha value is -2.88. The predicted octanol–water partition coefficient (Wildman–Crippen LogP) is 4.19. The third-order valence-electron chi connectivity index (χ3n) is 5.42. The Labute approximate surface area is 149 Å². The smallest absolute Gasteiger partial charge is 0.260 e. The Morgan fingerprint density at radius 2 is 1.42 bits per heavy atom. The van der Waals surface area contributed by atoms with Crippen LogP contribution in [-0.4, -0.2) is 25.7 Å². The van der Waals surface area contributed by atoms with E-state index in [2.05, 4.69) is 19.4 Å². The largest absolute Gasteiger partial charge is 0.369 e. The SMILES string of the molecule is O=C1c2c(c3c4ccccc4[nH]c3c3[nH]c4ccccc4c23)C(O)N1P. The molecule has 6 heteroatoms. The quantitative estimate of drug-likeness (QED) is 0.363. The van der Waals surface area contributed by atoms with Gasteiger partial charge in [-0.3, -0.25) is 9.46 Å². The van der Waals surface area contributed by atoms with E-state index in [1.165, 1.54) is 4.67 Å². The summed E-state index contributed by atoms with van der Waals surface area (Å²) in [6, 6.07) is 15.9. The number of benzene rings is 3. The van der Waals surface area contributed by atoms with Crippen molar-refractivity contribution in [3.05, 3.63) is 59.7 Å². The van der Waals surface area contributed by atoms with Crippen LogP contribution < -0.4 is 0 Å². The first-order valence-electron chi connectivity index (χ1n) is 8.40. The monoisotopic (exact) mass is 359 g/mol. The Kier molecular flexibility index (Phi) is 2.55. The van der Waals surface area contributed by atoms with Gasteiger partial charge in [0.1, 0.15) is 0 Å². The van der Waals surface area contributed by atoms with E-state index in [0.717, 1.165) is 43.6 Å². The van der Waals surface area contributed by atoms with Gasteiger partial charge in [0, 0.05) is 38.1 Å². The van der Waals surface area contributed by atoms with Crippen LogP contribution in [0.2, 0.25) is 0 Å². The van der Waals surface area contributed by atoms with E-state index < -0.39 is 6.23 Å². The zero-order valence-electron chi connectivity index (χ0n) is 13.6. The van der Waals surface area contributed by atoms with Crippen LogP contribution in [-0.2, 0) is 0 Å². The summed E-state index contributed by atoms with van der Waals surface area (Å²) in [7, 11) is 2.35. The van der Waals surface area contributed by atoms with Crippen molar-refractivity contribution < 1.29 is 9.90 Å². The van der Waals surface area contributed by atoms with Gasteiger partial charge >= 0.3 is 0 Å². The molecule has 0 saturated heterocycles. The fourth-order valence-electron chi connectivity index (χ4n) is 4.32. The van der Waals surface area contributed by atoms with Crippen LogP contribution in [0.5, 0.6) is 0 Å². The predicted molar refractivity (Wildman–Crippen MR) is 106 cm³/mol. The molecule has 1 aliphatic rings. The molecule has 5 nitrogen and oxygen atoms in total. The molecule has 0 spiro atoms. The highest BCUT2D eigenvalue weighted by Crippen LogP contribution is 2.47. The second-order valence-corrected chi connectivity index (χ2v) is 7.27. The van der Waals surface area contributed by atoms with Gasteiger partial charge in [0.15, 0.2) is 6.23 Å². The molecule has 126 valence electrons. The van der Waals surface area contributed by atoms with Crippen molar-refractivity contribution in [3.8, 4) is 0 Å². The molecule has 3 N–H and O–H groups in total. The molecule has 0 aliphatic carbocycles. The van der Waals surface area contributed by atoms with Gasteiger partial charge in [-0.05, 0) is 21.5 Å². The highest BCUT2D eigenvalue weighted by Gasteiger charge is 2.38. The van der Waals surface area contributed by atoms with E-state index in [1.54, 1.807) is 0 Å². The summed E-state index contributed by atoms with van der Waals surface area (Å²) in [5.74, 6) is -0.181. The number of aliphatic hydroxyl groups excluding tert-OH is 1. The van der Waals surface area contributed by atoms with Crippen molar-refractivity contribution in [1.82, 2.24) is 14.6 Å². The molecular weight excluding hydrogens is 345 g/mol. The standard InChI is InChI=1S/C20H14N3O2P/c24-19-15-13-9-5-1-3-7-11(9)21-17(13)18-14(16(15)20(25)23(19)26)10-6-2-4-8-12(10)22-18/h1-8,19,21-22,24H,26H2. The van der Waals surface area contributed by atoms with Gasteiger partial charge in [-0.1, -0.05) is 36.4 Å². The van der Waals surface area contributed by atoms with E-state index >= 15 is 0 Å². The van der Waals surface area contributed by atoms with Crippen molar-refractivity contribution in [3.63, 3.8) is 0 Å². The molecule has 2 unspecified atom stereocenters. The second kappa shape index (κ2) is 4.64. The molecule has 5 aromatic rings. The van der Waals surface area contributed by atoms with Crippen molar-refractivity contribution in [2.75, 3.05) is 0 Å². The number of nitrogens with zero attached hydrogens (tertiary/aromatic N) is 1. The lowest BCUT2D eigenvalue weighted by molar-refractivity contribution is 0.0577. The summed E-state index contributed by atoms with van der Waals surface area (Å²) in [4.78, 5) is 19.9. The van der Waals surface area contributed by atoms with Crippen LogP contribution in [0.3, 0.4) is 0 Å². The molecule has 1 aliphatic heterocycles. The van der Waals surface area contributed by atoms with Crippen LogP contribution in [0.25, 0.3) is 43.6 Å². The molecular formula is C20H14N3O2P. The molecule has 2 atom stereocenters. The Bertz CT molecular complexity index is 1400. The highest BCUT2D eigenvalue weighted by molar-refractivity contribution is 7.14. The topological polar surface area (TPSA) is 72.1 Å². The summed E-state index contributed by atoms with van der Waals surface area (Å²) in [5, 5.41) is 14.6. The number of hydrogen-bond acceptors (Lipinski definition) is 2. The zero-order valence-corrected chi connectivity index (χ0v) is 14.7. The third kappa shape index (κ3) is 1.52. The van der Waals surface area contributed by atoms with Gasteiger partial charge in [0.05, 0.1) is 16.6 Å². The third-order valence-corrected chi connectivity index (χ3v) is 5.94. The number of aliphatic hydroxyl groups is 1. The molecule has 0 saturated carbocycles. The lowest BCUT2D eigenvalue weighted by atomic mass is 9.96. The lowest BCUT2D eigenvalue weighted by Crippen LogP contribution is -2.15. The molecule has 0 radical (unpaired) electrons. The number of rotatable bonds is 0. The van der Waals surface area contributed by atoms with Gasteiger partial charge in [-0.15, -0.1) is 0 Å². The number of amides is 1. The number of para-hydroxylation sites is 2. The Morgan fingerprint density at radius 1 is 0.885 bits per heavy atom. The first-order valence-corrected chi connectivity index (χ1v) is 8.91. The second-order valence-electron chi connectivity index (χ2n) is 6.72. The molecule has 0 bridgehead atoms. The Morgan fingerprint density at radius 3 is 2.08 bits per heavy atom. The normalized spacial score (nSPS) is 17.2. The van der Waals surface area contributed by atoms with Gasteiger partial charge in [0.25, 0.3) is 5.91 Å². The maximum absolute atomic E-state index is 13.0. The average Bonchev–Trinajstić information content (AvgIpc) is 3.29. The molecule has 26 heavy (non-hydrogen) atoms. The van der Waals surface area contributed by atoms with E-state index in [0.29, 0.717) is 11.1 Å². The summed E-state index contributed by atoms with van der Waals surface area (Å²) in [6.07, 6.45) is -0.984. The summed E-state index contributed by atoms with van der Waals surface area (Å²) < 4.78 is 1.33. The summed E-state index contributed by atoms with van der Waals surface area (Å²) in [6.45, 7) is 0. The molecule has 2 aromatic heterocycles. The number of H-pyrrole nitrogens is 2. The number of carbonyl (C=O) groups is 1. The molecule has 1 amide bonds. The highest BCUT2D eigenvalue weighted by atomic mass is 31.0. The van der Waals surface area contributed by atoms with E-state index in [1.807, 2.05) is 48.5 Å². The number of hydrogen-bond donors (Lipinski definition) is 3. The summed E-state index contributed by atoms with van der Waals surface area (Å²) in [5.41, 5.74) is 5.03. The fourth-order valence-corrected chi connectivity index (χ4v) is 4.60. The van der Waals surface area contributed by atoms with Gasteiger partial charge in [-0.2, -0.15) is 0 Å². The van der Waals surface area contributed by atoms with E-state index in [9.17, 15) is 9.90 Å². The first-order chi connectivity index (χ1) is 12.7. The fraction of sp³-hybridized carbons (Fsp3) is 0.0500. The number of fused-ring (bicyclic) bond motifs is 10. The van der Waals surface area contributed by atoms with Crippen LogP contribution in [0.4, 0.5) is 0 Å². The van der Waals surface area contributed by atoms with Crippen molar-refractivity contribution >= 4 is 58.9 Å². The molecule has 0 fully saturated rings. The van der Waals surface area contributed by atoms with Crippen LogP contribution in [0, 0.1) is 0 Å². The molecule has 3 heterocycles. The van der Waals surface area contributed by atoms with Crippen LogP contribution in [0.1, 0.15) is 22.1 Å². The lowest BCUT2D eigenvalue weighted by Gasteiger charge is -2.13. The van der Waals surface area contributed by atoms with Crippen molar-refractivity contribution in [2.24, 2.45) is 0 Å². The molecule has 3 aromatic carbocycles. The average molecular weight is 359 g/mol. The zero-order chi connectivity index (χ0) is 17.6.